The van der Waals surface area contributed by atoms with Crippen LogP contribution in [0.3, 0.4) is 0 Å². The van der Waals surface area contributed by atoms with E-state index >= 15 is 0 Å². The average molecular weight is 155 g/mol. The van der Waals surface area contributed by atoms with Crippen molar-refractivity contribution in [1.82, 2.24) is 0 Å². The van der Waals surface area contributed by atoms with Gasteiger partial charge in [0.05, 0.1) is 5.69 Å². The summed E-state index contributed by atoms with van der Waals surface area (Å²) in [6.07, 6.45) is 0. The van der Waals surface area contributed by atoms with Crippen LogP contribution in [0.15, 0.2) is 17.0 Å². The molecule has 0 unspecified atom stereocenters. The first-order valence-electron chi connectivity index (χ1n) is 2.90. The molecule has 1 aromatic carbocycles. The largest absolute Gasteiger partial charge is 0.508 e. The molecule has 10 heavy (non-hydrogen) atoms. The van der Waals surface area contributed by atoms with Crippen LogP contribution in [0.2, 0.25) is 0 Å². The zero-order chi connectivity index (χ0) is 7.72. The van der Waals surface area contributed by atoms with Gasteiger partial charge >= 0.3 is 0 Å². The topological polar surface area (TPSA) is 46.2 Å². The molecule has 0 aliphatic heterocycles. The summed E-state index contributed by atoms with van der Waals surface area (Å²) in [6.45, 7) is 1.75. The molecule has 0 heterocycles. The summed E-state index contributed by atoms with van der Waals surface area (Å²) in [6, 6.07) is 3.24. The van der Waals surface area contributed by atoms with Gasteiger partial charge in [-0.3, -0.25) is 0 Å². The Morgan fingerprint density at radius 3 is 2.60 bits per heavy atom. The predicted octanol–water partition coefficient (Wildman–Crippen LogP) is 1.57. The predicted molar refractivity (Wildman–Crippen MR) is 44.5 cm³/mol. The van der Waals surface area contributed by atoms with Crippen molar-refractivity contribution in [2.45, 2.75) is 11.8 Å². The summed E-state index contributed by atoms with van der Waals surface area (Å²) in [4.78, 5) is 0.704. The van der Waals surface area contributed by atoms with Crippen molar-refractivity contribution < 1.29 is 5.11 Å². The SMILES string of the molecule is Cc1c(O)ccc(S)c1N. The summed E-state index contributed by atoms with van der Waals surface area (Å²) in [7, 11) is 0. The second-order valence-corrected chi connectivity index (χ2v) is 2.62. The first-order chi connectivity index (χ1) is 4.63. The van der Waals surface area contributed by atoms with E-state index < -0.39 is 0 Å². The lowest BCUT2D eigenvalue weighted by Gasteiger charge is -2.03. The van der Waals surface area contributed by atoms with E-state index in [1.807, 2.05) is 0 Å². The summed E-state index contributed by atoms with van der Waals surface area (Å²) >= 11 is 4.08. The molecule has 1 rings (SSSR count). The van der Waals surface area contributed by atoms with Crippen molar-refractivity contribution in [3.63, 3.8) is 0 Å². The number of rotatable bonds is 0. The molecule has 0 radical (unpaired) electrons. The Morgan fingerprint density at radius 2 is 2.10 bits per heavy atom. The van der Waals surface area contributed by atoms with E-state index in [-0.39, 0.29) is 5.75 Å². The molecular weight excluding hydrogens is 146 g/mol. The van der Waals surface area contributed by atoms with Crippen LogP contribution in [-0.2, 0) is 0 Å². The first kappa shape index (κ1) is 7.28. The Labute approximate surface area is 65.1 Å². The standard InChI is InChI=1S/C7H9NOS/c1-4-5(9)2-3-6(10)7(4)8/h2-3,9-10H,8H2,1H3. The molecule has 54 valence electrons. The fourth-order valence-electron chi connectivity index (χ4n) is 0.703. The van der Waals surface area contributed by atoms with Gasteiger partial charge in [-0.25, -0.2) is 0 Å². The summed E-state index contributed by atoms with van der Waals surface area (Å²) in [5.74, 6) is 0.218. The van der Waals surface area contributed by atoms with Gasteiger partial charge in [0, 0.05) is 10.5 Å². The Morgan fingerprint density at radius 1 is 1.50 bits per heavy atom. The lowest BCUT2D eigenvalue weighted by Crippen LogP contribution is -1.90. The molecule has 0 atom stereocenters. The molecule has 0 aliphatic rings. The molecule has 0 fully saturated rings. The van der Waals surface area contributed by atoms with Crippen molar-refractivity contribution in [2.24, 2.45) is 0 Å². The monoisotopic (exact) mass is 155 g/mol. The molecule has 2 nitrogen and oxygen atoms in total. The number of phenols is 1. The Bertz CT molecular complexity index is 233. The summed E-state index contributed by atoms with van der Waals surface area (Å²) < 4.78 is 0. The van der Waals surface area contributed by atoms with Gasteiger partial charge in [-0.05, 0) is 19.1 Å². The van der Waals surface area contributed by atoms with E-state index in [2.05, 4.69) is 12.6 Å². The van der Waals surface area contributed by atoms with Crippen LogP contribution in [0.1, 0.15) is 5.56 Å². The second-order valence-electron chi connectivity index (χ2n) is 2.14. The molecule has 1 aromatic rings. The number of hydrogen-bond acceptors (Lipinski definition) is 3. The van der Waals surface area contributed by atoms with E-state index in [0.717, 1.165) is 0 Å². The zero-order valence-electron chi connectivity index (χ0n) is 5.63. The van der Waals surface area contributed by atoms with Crippen molar-refractivity contribution in [3.8, 4) is 5.75 Å². The van der Waals surface area contributed by atoms with Crippen LogP contribution >= 0.6 is 12.6 Å². The number of nitrogen functional groups attached to an aromatic ring is 1. The number of benzene rings is 1. The number of anilines is 1. The van der Waals surface area contributed by atoms with Crippen LogP contribution in [0.25, 0.3) is 0 Å². The summed E-state index contributed by atoms with van der Waals surface area (Å²) in [5.41, 5.74) is 6.78. The van der Waals surface area contributed by atoms with Gasteiger partial charge in [0.2, 0.25) is 0 Å². The number of phenolic OH excluding ortho intramolecular Hbond substituents is 1. The van der Waals surface area contributed by atoms with Gasteiger partial charge < -0.3 is 10.8 Å². The van der Waals surface area contributed by atoms with E-state index in [1.165, 1.54) is 0 Å². The number of aromatic hydroxyl groups is 1. The lowest BCUT2D eigenvalue weighted by molar-refractivity contribution is 0.471. The number of nitrogens with two attached hydrogens (primary N) is 1. The van der Waals surface area contributed by atoms with E-state index in [0.29, 0.717) is 16.1 Å². The molecular formula is C7H9NOS. The van der Waals surface area contributed by atoms with Crippen LogP contribution in [0, 0.1) is 6.92 Å². The van der Waals surface area contributed by atoms with Crippen LogP contribution in [0.5, 0.6) is 5.75 Å². The maximum atomic E-state index is 9.11. The van der Waals surface area contributed by atoms with E-state index in [4.69, 9.17) is 10.8 Å². The Hall–Kier alpha value is -0.830. The maximum absolute atomic E-state index is 9.11. The highest BCUT2D eigenvalue weighted by Gasteiger charge is 2.01. The van der Waals surface area contributed by atoms with E-state index in [1.54, 1.807) is 19.1 Å². The van der Waals surface area contributed by atoms with Crippen LogP contribution in [0.4, 0.5) is 5.69 Å². The highest BCUT2D eigenvalue weighted by molar-refractivity contribution is 7.80. The molecule has 0 bridgehead atoms. The van der Waals surface area contributed by atoms with Crippen LogP contribution < -0.4 is 5.73 Å². The molecule has 0 aliphatic carbocycles. The van der Waals surface area contributed by atoms with Crippen molar-refractivity contribution in [1.29, 1.82) is 0 Å². The third-order valence-electron chi connectivity index (χ3n) is 1.46. The molecule has 3 N–H and O–H groups in total. The third-order valence-corrected chi connectivity index (χ3v) is 1.85. The highest BCUT2D eigenvalue weighted by Crippen LogP contribution is 2.27. The number of hydrogen-bond donors (Lipinski definition) is 3. The second kappa shape index (κ2) is 2.42. The van der Waals surface area contributed by atoms with Gasteiger partial charge in [0.15, 0.2) is 0 Å². The van der Waals surface area contributed by atoms with Crippen molar-refractivity contribution in [2.75, 3.05) is 5.73 Å². The Balaban J connectivity index is 3.34. The minimum Gasteiger partial charge on any atom is -0.508 e. The minimum absolute atomic E-state index is 0.218. The lowest BCUT2D eigenvalue weighted by atomic mass is 10.2. The maximum Gasteiger partial charge on any atom is 0.120 e. The average Bonchev–Trinajstić information content (AvgIpc) is 1.93. The van der Waals surface area contributed by atoms with E-state index in [9.17, 15) is 0 Å². The van der Waals surface area contributed by atoms with Gasteiger partial charge in [-0.1, -0.05) is 0 Å². The smallest absolute Gasteiger partial charge is 0.120 e. The molecule has 3 heteroatoms. The fourth-order valence-corrected chi connectivity index (χ4v) is 0.945. The normalized spacial score (nSPS) is 9.80. The van der Waals surface area contributed by atoms with Gasteiger partial charge in [-0.15, -0.1) is 12.6 Å². The molecule has 0 saturated heterocycles. The fraction of sp³-hybridized carbons (Fsp3) is 0.143. The molecule has 0 spiro atoms. The van der Waals surface area contributed by atoms with Crippen molar-refractivity contribution in [3.05, 3.63) is 17.7 Å². The third kappa shape index (κ3) is 1.04. The zero-order valence-corrected chi connectivity index (χ0v) is 6.52. The molecule has 0 saturated carbocycles. The van der Waals surface area contributed by atoms with Gasteiger partial charge in [0.25, 0.3) is 0 Å². The summed E-state index contributed by atoms with van der Waals surface area (Å²) in [5, 5.41) is 9.11. The quantitative estimate of drug-likeness (QED) is 0.393. The minimum atomic E-state index is 0.218. The highest BCUT2D eigenvalue weighted by atomic mass is 32.1. The first-order valence-corrected chi connectivity index (χ1v) is 3.34. The Kier molecular flexibility index (Phi) is 1.76. The molecule has 0 amide bonds. The van der Waals surface area contributed by atoms with Gasteiger partial charge in [0.1, 0.15) is 5.75 Å². The number of thiol groups is 1. The van der Waals surface area contributed by atoms with Crippen molar-refractivity contribution >= 4 is 18.3 Å². The molecule has 0 aromatic heterocycles. The van der Waals surface area contributed by atoms with Gasteiger partial charge in [-0.2, -0.15) is 0 Å². The van der Waals surface area contributed by atoms with Crippen LogP contribution in [-0.4, -0.2) is 5.11 Å².